The van der Waals surface area contributed by atoms with Crippen LogP contribution in [0.5, 0.6) is 0 Å². The first kappa shape index (κ1) is 18.0. The van der Waals surface area contributed by atoms with E-state index in [-0.39, 0.29) is 12.1 Å². The van der Waals surface area contributed by atoms with Gasteiger partial charge in [-0.15, -0.1) is 0 Å². The summed E-state index contributed by atoms with van der Waals surface area (Å²) in [5, 5.41) is 0. The standard InChI is InChI=1S/C20H31N3O2/c1-20(2,3)25-19(24)23-14-8-9-17(23)16-10-11-18(21-15-16)22-12-6-4-5-7-13-22/h10-11,15,17H,4-9,12-14H2,1-3H3. The molecule has 2 saturated heterocycles. The second kappa shape index (κ2) is 7.63. The molecule has 5 heteroatoms. The number of amides is 1. The second-order valence-corrected chi connectivity index (χ2v) is 8.18. The molecule has 25 heavy (non-hydrogen) atoms. The molecule has 3 heterocycles. The molecule has 0 N–H and O–H groups in total. The Labute approximate surface area is 151 Å². The summed E-state index contributed by atoms with van der Waals surface area (Å²) in [6, 6.07) is 4.34. The predicted molar refractivity (Wildman–Crippen MR) is 99.8 cm³/mol. The van der Waals surface area contributed by atoms with Gasteiger partial charge in [-0.1, -0.05) is 18.9 Å². The van der Waals surface area contributed by atoms with Gasteiger partial charge in [0.2, 0.25) is 0 Å². The molecule has 3 rings (SSSR count). The molecule has 1 amide bonds. The molecule has 0 saturated carbocycles. The molecule has 2 aliphatic heterocycles. The lowest BCUT2D eigenvalue weighted by Crippen LogP contribution is -2.36. The number of anilines is 1. The number of rotatable bonds is 2. The Bertz CT molecular complexity index is 572. The van der Waals surface area contributed by atoms with Gasteiger partial charge >= 0.3 is 6.09 Å². The summed E-state index contributed by atoms with van der Waals surface area (Å²) >= 11 is 0. The van der Waals surface area contributed by atoms with Crippen LogP contribution in [-0.4, -0.2) is 41.2 Å². The third-order valence-corrected chi connectivity index (χ3v) is 4.97. The molecule has 0 aliphatic carbocycles. The maximum absolute atomic E-state index is 12.5. The van der Waals surface area contributed by atoms with E-state index in [4.69, 9.17) is 9.72 Å². The number of likely N-dealkylation sites (tertiary alicyclic amines) is 1. The van der Waals surface area contributed by atoms with E-state index in [1.165, 1.54) is 25.7 Å². The summed E-state index contributed by atoms with van der Waals surface area (Å²) < 4.78 is 5.56. The van der Waals surface area contributed by atoms with Crippen molar-refractivity contribution in [2.24, 2.45) is 0 Å². The van der Waals surface area contributed by atoms with Gasteiger partial charge in [0, 0.05) is 25.8 Å². The topological polar surface area (TPSA) is 45.7 Å². The maximum Gasteiger partial charge on any atom is 0.410 e. The van der Waals surface area contributed by atoms with Crippen molar-refractivity contribution >= 4 is 11.9 Å². The van der Waals surface area contributed by atoms with Gasteiger partial charge in [-0.05, 0) is 58.1 Å². The lowest BCUT2D eigenvalue weighted by Gasteiger charge is -2.29. The molecule has 0 spiro atoms. The van der Waals surface area contributed by atoms with E-state index in [2.05, 4.69) is 17.0 Å². The summed E-state index contributed by atoms with van der Waals surface area (Å²) in [5.41, 5.74) is 0.654. The number of hydrogen-bond acceptors (Lipinski definition) is 4. The van der Waals surface area contributed by atoms with Crippen LogP contribution in [0.15, 0.2) is 18.3 Å². The first-order valence-corrected chi connectivity index (χ1v) is 9.64. The van der Waals surface area contributed by atoms with Gasteiger partial charge in [-0.2, -0.15) is 0 Å². The molecule has 5 nitrogen and oxygen atoms in total. The highest BCUT2D eigenvalue weighted by Gasteiger charge is 2.33. The summed E-state index contributed by atoms with van der Waals surface area (Å²) in [7, 11) is 0. The van der Waals surface area contributed by atoms with E-state index in [9.17, 15) is 4.79 Å². The molecule has 1 unspecified atom stereocenters. The van der Waals surface area contributed by atoms with Gasteiger partial charge in [0.25, 0.3) is 0 Å². The van der Waals surface area contributed by atoms with Crippen LogP contribution < -0.4 is 4.90 Å². The minimum absolute atomic E-state index is 0.0838. The van der Waals surface area contributed by atoms with E-state index in [0.29, 0.717) is 0 Å². The molecule has 1 aromatic heterocycles. The van der Waals surface area contributed by atoms with Crippen LogP contribution in [0.4, 0.5) is 10.6 Å². The average Bonchev–Trinajstić information content (AvgIpc) is 2.89. The maximum atomic E-state index is 12.5. The number of carbonyl (C=O) groups excluding carboxylic acids is 1. The van der Waals surface area contributed by atoms with Gasteiger partial charge in [0.05, 0.1) is 6.04 Å². The molecule has 1 aromatic rings. The SMILES string of the molecule is CC(C)(C)OC(=O)N1CCCC1c1ccc(N2CCCCCC2)nc1. The van der Waals surface area contributed by atoms with Crippen LogP contribution >= 0.6 is 0 Å². The number of pyridine rings is 1. The van der Waals surface area contributed by atoms with Crippen molar-refractivity contribution in [1.82, 2.24) is 9.88 Å². The van der Waals surface area contributed by atoms with E-state index in [0.717, 1.165) is 43.9 Å². The first-order chi connectivity index (χ1) is 11.9. The molecule has 1 atom stereocenters. The predicted octanol–water partition coefficient (Wildman–Crippen LogP) is 4.53. The summed E-state index contributed by atoms with van der Waals surface area (Å²) in [6.07, 6.45) is 8.86. The largest absolute Gasteiger partial charge is 0.444 e. The monoisotopic (exact) mass is 345 g/mol. The van der Waals surface area contributed by atoms with Crippen molar-refractivity contribution in [3.05, 3.63) is 23.9 Å². The zero-order valence-corrected chi connectivity index (χ0v) is 15.8. The Morgan fingerprint density at radius 1 is 1.08 bits per heavy atom. The van der Waals surface area contributed by atoms with Crippen molar-refractivity contribution in [1.29, 1.82) is 0 Å². The number of aromatic nitrogens is 1. The Hall–Kier alpha value is -1.78. The Morgan fingerprint density at radius 2 is 1.80 bits per heavy atom. The molecule has 0 radical (unpaired) electrons. The minimum atomic E-state index is -0.459. The molecular formula is C20H31N3O2. The van der Waals surface area contributed by atoms with Crippen LogP contribution in [-0.2, 0) is 4.74 Å². The summed E-state index contributed by atoms with van der Waals surface area (Å²) in [6.45, 7) is 8.68. The van der Waals surface area contributed by atoms with Crippen LogP contribution in [0.25, 0.3) is 0 Å². The lowest BCUT2D eigenvalue weighted by molar-refractivity contribution is 0.0224. The van der Waals surface area contributed by atoms with Gasteiger partial charge in [0.1, 0.15) is 11.4 Å². The third kappa shape index (κ3) is 4.65. The van der Waals surface area contributed by atoms with E-state index < -0.39 is 5.60 Å². The molecule has 138 valence electrons. The van der Waals surface area contributed by atoms with E-state index in [1.54, 1.807) is 0 Å². The minimum Gasteiger partial charge on any atom is -0.444 e. The van der Waals surface area contributed by atoms with Crippen LogP contribution in [0.3, 0.4) is 0 Å². The van der Waals surface area contributed by atoms with Crippen molar-refractivity contribution in [2.45, 2.75) is 70.9 Å². The molecule has 2 aliphatic rings. The van der Waals surface area contributed by atoms with E-state index >= 15 is 0 Å². The lowest BCUT2D eigenvalue weighted by atomic mass is 10.1. The van der Waals surface area contributed by atoms with Crippen LogP contribution in [0.1, 0.15) is 70.9 Å². The highest BCUT2D eigenvalue weighted by Crippen LogP contribution is 2.33. The summed E-state index contributed by atoms with van der Waals surface area (Å²) in [4.78, 5) is 21.4. The summed E-state index contributed by atoms with van der Waals surface area (Å²) in [5.74, 6) is 1.06. The fraction of sp³-hybridized carbons (Fsp3) is 0.700. The smallest absolute Gasteiger partial charge is 0.410 e. The number of nitrogens with zero attached hydrogens (tertiary/aromatic N) is 3. The number of carbonyl (C=O) groups is 1. The van der Waals surface area contributed by atoms with Crippen molar-refractivity contribution in [3.8, 4) is 0 Å². The van der Waals surface area contributed by atoms with E-state index in [1.807, 2.05) is 31.9 Å². The fourth-order valence-corrected chi connectivity index (χ4v) is 3.73. The zero-order valence-electron chi connectivity index (χ0n) is 15.8. The molecule has 2 fully saturated rings. The van der Waals surface area contributed by atoms with Gasteiger partial charge in [0.15, 0.2) is 0 Å². The van der Waals surface area contributed by atoms with Crippen LogP contribution in [0, 0.1) is 0 Å². The van der Waals surface area contributed by atoms with Gasteiger partial charge < -0.3 is 14.5 Å². The molecule has 0 aromatic carbocycles. The Morgan fingerprint density at radius 3 is 2.40 bits per heavy atom. The highest BCUT2D eigenvalue weighted by atomic mass is 16.6. The Kier molecular flexibility index (Phi) is 5.50. The van der Waals surface area contributed by atoms with Crippen molar-refractivity contribution in [3.63, 3.8) is 0 Å². The highest BCUT2D eigenvalue weighted by molar-refractivity contribution is 5.69. The van der Waals surface area contributed by atoms with Crippen molar-refractivity contribution in [2.75, 3.05) is 24.5 Å². The zero-order chi connectivity index (χ0) is 17.9. The molecule has 0 bridgehead atoms. The van der Waals surface area contributed by atoms with Gasteiger partial charge in [-0.3, -0.25) is 0 Å². The van der Waals surface area contributed by atoms with Gasteiger partial charge in [-0.25, -0.2) is 9.78 Å². The normalized spacial score (nSPS) is 22.0. The fourth-order valence-electron chi connectivity index (χ4n) is 3.73. The third-order valence-electron chi connectivity index (χ3n) is 4.97. The Balaban J connectivity index is 1.69. The molecular weight excluding hydrogens is 314 g/mol. The number of hydrogen-bond donors (Lipinski definition) is 0. The first-order valence-electron chi connectivity index (χ1n) is 9.64. The average molecular weight is 345 g/mol. The number of ether oxygens (including phenoxy) is 1. The quantitative estimate of drug-likeness (QED) is 0.790. The second-order valence-electron chi connectivity index (χ2n) is 8.18. The van der Waals surface area contributed by atoms with Crippen LogP contribution in [0.2, 0.25) is 0 Å². The van der Waals surface area contributed by atoms with Crippen molar-refractivity contribution < 1.29 is 9.53 Å².